The Bertz CT molecular complexity index is 816. The van der Waals surface area contributed by atoms with Crippen LogP contribution in [0.15, 0.2) is 58.3 Å². The second kappa shape index (κ2) is 10.3. The van der Waals surface area contributed by atoms with E-state index in [-0.39, 0.29) is 18.9 Å². The molecular formula is C20H22Cl2N2O4. The van der Waals surface area contributed by atoms with Gasteiger partial charge in [0.2, 0.25) is 0 Å². The van der Waals surface area contributed by atoms with Gasteiger partial charge < -0.3 is 20.4 Å². The molecule has 0 saturated heterocycles. The van der Waals surface area contributed by atoms with Crippen LogP contribution in [-0.2, 0) is 16.0 Å². The quantitative estimate of drug-likeness (QED) is 0.652. The first kappa shape index (κ1) is 22.0. The van der Waals surface area contributed by atoms with Crippen molar-refractivity contribution >= 4 is 35.1 Å². The van der Waals surface area contributed by atoms with Crippen LogP contribution >= 0.6 is 23.2 Å². The maximum absolute atomic E-state index is 12.8. The highest BCUT2D eigenvalue weighted by atomic mass is 35.5. The molecule has 1 aromatic carbocycles. The third-order valence-electron chi connectivity index (χ3n) is 4.25. The average molecular weight is 425 g/mol. The fraction of sp³-hybridized carbons (Fsp3) is 0.300. The number of rotatable bonds is 6. The Morgan fingerprint density at radius 2 is 1.93 bits per heavy atom. The van der Waals surface area contributed by atoms with Crippen LogP contribution in [0.2, 0.25) is 0 Å². The molecular weight excluding hydrogens is 403 g/mol. The van der Waals surface area contributed by atoms with Crippen molar-refractivity contribution in [1.29, 1.82) is 0 Å². The molecule has 150 valence electrons. The van der Waals surface area contributed by atoms with E-state index >= 15 is 0 Å². The fourth-order valence-corrected chi connectivity index (χ4v) is 3.02. The van der Waals surface area contributed by atoms with Gasteiger partial charge in [0, 0.05) is 25.0 Å². The third-order valence-corrected chi connectivity index (χ3v) is 5.06. The second-order valence-corrected chi connectivity index (χ2v) is 7.21. The van der Waals surface area contributed by atoms with E-state index in [1.807, 2.05) is 6.08 Å². The normalized spacial score (nSPS) is 21.6. The van der Waals surface area contributed by atoms with Crippen LogP contribution in [0.3, 0.4) is 0 Å². The van der Waals surface area contributed by atoms with E-state index in [0.717, 1.165) is 0 Å². The number of carbonyl (C=O) groups excluding carboxylic acids is 1. The van der Waals surface area contributed by atoms with E-state index in [2.05, 4.69) is 5.32 Å². The minimum Gasteiger partial charge on any atom is -0.481 e. The van der Waals surface area contributed by atoms with Gasteiger partial charge in [-0.2, -0.15) is 0 Å². The lowest BCUT2D eigenvalue weighted by molar-refractivity contribution is -0.136. The van der Waals surface area contributed by atoms with Crippen molar-refractivity contribution in [3.63, 3.8) is 0 Å². The summed E-state index contributed by atoms with van der Waals surface area (Å²) in [4.78, 5) is 25.3. The van der Waals surface area contributed by atoms with Gasteiger partial charge in [0.15, 0.2) is 0 Å². The van der Waals surface area contributed by atoms with Crippen LogP contribution < -0.4 is 5.32 Å². The van der Waals surface area contributed by atoms with Gasteiger partial charge in [-0.05, 0) is 17.2 Å². The molecule has 1 heterocycles. The van der Waals surface area contributed by atoms with Gasteiger partial charge in [-0.3, -0.25) is 9.59 Å². The van der Waals surface area contributed by atoms with Crippen molar-refractivity contribution in [1.82, 2.24) is 10.2 Å². The van der Waals surface area contributed by atoms with E-state index in [4.69, 9.17) is 28.3 Å². The van der Waals surface area contributed by atoms with Crippen molar-refractivity contribution < 1.29 is 19.8 Å². The van der Waals surface area contributed by atoms with Crippen LogP contribution in [0.1, 0.15) is 23.6 Å². The standard InChI is InChI=1S/C20H22Cl2N2O4/c1-24-10-2-3-15(21)16(22)8-9-18(24)20(28)23-17(12-25)14-6-4-13(5-7-14)11-19(26)27/h2-7,9,17,25H,8,10-12H2,1H3,(H,23,28)(H,26,27)/b3-2-,16-15-,18-9-/t17-/m1/s1. The highest BCUT2D eigenvalue weighted by molar-refractivity contribution is 6.40. The predicted octanol–water partition coefficient (Wildman–Crippen LogP) is 2.93. The number of aliphatic hydroxyl groups excluding tert-OH is 1. The number of amides is 1. The van der Waals surface area contributed by atoms with Crippen molar-refractivity contribution in [2.75, 3.05) is 20.2 Å². The summed E-state index contributed by atoms with van der Waals surface area (Å²) in [6.07, 6.45) is 5.42. The van der Waals surface area contributed by atoms with Gasteiger partial charge in [0.25, 0.3) is 5.91 Å². The molecule has 3 N–H and O–H groups in total. The van der Waals surface area contributed by atoms with Gasteiger partial charge in [-0.1, -0.05) is 59.6 Å². The van der Waals surface area contributed by atoms with Gasteiger partial charge >= 0.3 is 5.97 Å². The lowest BCUT2D eigenvalue weighted by atomic mass is 10.0. The monoisotopic (exact) mass is 424 g/mol. The zero-order valence-electron chi connectivity index (χ0n) is 15.4. The van der Waals surface area contributed by atoms with Gasteiger partial charge in [0.05, 0.1) is 29.8 Å². The number of nitrogens with one attached hydrogen (secondary N) is 1. The molecule has 0 unspecified atom stereocenters. The second-order valence-electron chi connectivity index (χ2n) is 6.35. The van der Waals surface area contributed by atoms with Gasteiger partial charge in [0.1, 0.15) is 0 Å². The van der Waals surface area contributed by atoms with E-state index < -0.39 is 12.0 Å². The molecule has 1 aromatic rings. The summed E-state index contributed by atoms with van der Waals surface area (Å²) in [5, 5.41) is 22.3. The van der Waals surface area contributed by atoms with Crippen molar-refractivity contribution in [3.05, 3.63) is 69.4 Å². The summed E-state index contributed by atoms with van der Waals surface area (Å²) in [5.41, 5.74) is 1.73. The Morgan fingerprint density at radius 1 is 1.25 bits per heavy atom. The summed E-state index contributed by atoms with van der Waals surface area (Å²) in [6, 6.07) is 6.10. The van der Waals surface area contributed by atoms with Crippen molar-refractivity contribution in [2.45, 2.75) is 18.9 Å². The minimum atomic E-state index is -0.920. The molecule has 0 fully saturated rings. The minimum absolute atomic E-state index is 0.0849. The van der Waals surface area contributed by atoms with E-state index in [0.29, 0.717) is 39.9 Å². The Hall–Kier alpha value is -2.28. The van der Waals surface area contributed by atoms with Crippen molar-refractivity contribution in [2.24, 2.45) is 0 Å². The number of benzene rings is 1. The Morgan fingerprint density at radius 3 is 2.54 bits per heavy atom. The highest BCUT2D eigenvalue weighted by Gasteiger charge is 2.20. The Kier molecular flexibility index (Phi) is 8.11. The van der Waals surface area contributed by atoms with Crippen molar-refractivity contribution in [3.8, 4) is 0 Å². The fourth-order valence-electron chi connectivity index (χ4n) is 2.72. The number of carboxylic acids is 1. The molecule has 2 rings (SSSR count). The van der Waals surface area contributed by atoms with Gasteiger partial charge in [-0.15, -0.1) is 0 Å². The molecule has 0 aromatic heterocycles. The first-order valence-corrected chi connectivity index (χ1v) is 9.41. The molecule has 0 aliphatic carbocycles. The lowest BCUT2D eigenvalue weighted by Crippen LogP contribution is -2.37. The molecule has 0 spiro atoms. The number of carboxylic acid groups (broad SMARTS) is 1. The maximum atomic E-state index is 12.8. The van der Waals surface area contributed by atoms with Crippen LogP contribution in [-0.4, -0.2) is 47.2 Å². The summed E-state index contributed by atoms with van der Waals surface area (Å²) < 4.78 is 0. The molecule has 1 amide bonds. The Balaban J connectivity index is 2.15. The van der Waals surface area contributed by atoms with E-state index in [9.17, 15) is 14.7 Å². The van der Waals surface area contributed by atoms with Crippen LogP contribution in [0.5, 0.6) is 0 Å². The zero-order valence-corrected chi connectivity index (χ0v) is 16.9. The number of carbonyl (C=O) groups is 2. The first-order valence-electron chi connectivity index (χ1n) is 8.66. The summed E-state index contributed by atoms with van der Waals surface area (Å²) in [6.45, 7) is 0.167. The molecule has 0 saturated carbocycles. The highest BCUT2D eigenvalue weighted by Crippen LogP contribution is 2.22. The number of aliphatic hydroxyl groups is 1. The summed E-state index contributed by atoms with van der Waals surface area (Å²) >= 11 is 12.2. The van der Waals surface area contributed by atoms with Crippen LogP contribution in [0, 0.1) is 0 Å². The number of hydrogen-bond acceptors (Lipinski definition) is 4. The number of nitrogens with zero attached hydrogens (tertiary/aromatic N) is 1. The van der Waals surface area contributed by atoms with E-state index in [1.54, 1.807) is 48.4 Å². The van der Waals surface area contributed by atoms with E-state index in [1.165, 1.54) is 0 Å². The topological polar surface area (TPSA) is 89.9 Å². The molecule has 1 aliphatic rings. The number of hydrogen-bond donors (Lipinski definition) is 3. The molecule has 1 atom stereocenters. The van der Waals surface area contributed by atoms with Gasteiger partial charge in [-0.25, -0.2) is 0 Å². The third kappa shape index (κ3) is 6.12. The first-order chi connectivity index (χ1) is 13.3. The molecule has 1 aliphatic heterocycles. The smallest absolute Gasteiger partial charge is 0.307 e. The lowest BCUT2D eigenvalue weighted by Gasteiger charge is -2.23. The molecule has 8 heteroatoms. The van der Waals surface area contributed by atoms with Crippen LogP contribution in [0.25, 0.3) is 0 Å². The maximum Gasteiger partial charge on any atom is 0.307 e. The molecule has 6 nitrogen and oxygen atoms in total. The number of aliphatic carboxylic acids is 1. The average Bonchev–Trinajstić information content (AvgIpc) is 2.71. The number of allylic oxidation sites excluding steroid dienone is 4. The predicted molar refractivity (Wildman–Crippen MR) is 109 cm³/mol. The van der Waals surface area contributed by atoms with Crippen LogP contribution in [0.4, 0.5) is 0 Å². The summed E-state index contributed by atoms with van der Waals surface area (Å²) in [7, 11) is 1.78. The number of halogens is 2. The number of likely N-dealkylation sites (N-methyl/N-ethyl adjacent to an activating group) is 1. The molecule has 0 bridgehead atoms. The molecule has 0 radical (unpaired) electrons. The largest absolute Gasteiger partial charge is 0.481 e. The SMILES string of the molecule is CN1C/C=C\C(Cl)=C(\Cl)C/C=C\1C(=O)N[C@H](CO)c1ccc(CC(=O)O)cc1. The molecule has 28 heavy (non-hydrogen) atoms. The summed E-state index contributed by atoms with van der Waals surface area (Å²) in [5.74, 6) is -1.27. The zero-order chi connectivity index (χ0) is 20.7. The Labute approximate surface area is 173 Å².